The molecule has 0 amide bonds. The molecule has 1 fully saturated rings. The molecule has 110 valence electrons. The average Bonchev–Trinajstić information content (AvgIpc) is 2.87. The van der Waals surface area contributed by atoms with Crippen LogP contribution in [0.1, 0.15) is 25.2 Å². The molecule has 1 aromatic heterocycles. The normalized spacial score (nSPS) is 16.4. The van der Waals surface area contributed by atoms with Gasteiger partial charge in [-0.25, -0.2) is 4.39 Å². The summed E-state index contributed by atoms with van der Waals surface area (Å²) in [7, 11) is 0. The highest BCUT2D eigenvalue weighted by Crippen LogP contribution is 2.32. The molecule has 1 aliphatic carbocycles. The minimum absolute atomic E-state index is 0.195. The van der Waals surface area contributed by atoms with Gasteiger partial charge in [0.25, 0.3) is 0 Å². The largest absolute Gasteiger partial charge is 0.480 e. The molecule has 0 radical (unpaired) electrons. The average molecular weight is 291 g/mol. The molecule has 2 N–H and O–H groups in total. The van der Waals surface area contributed by atoms with Crippen LogP contribution in [0.15, 0.2) is 28.8 Å². The summed E-state index contributed by atoms with van der Waals surface area (Å²) in [6.45, 7) is 0.195. The lowest BCUT2D eigenvalue weighted by Crippen LogP contribution is -2.56. The number of halogens is 1. The molecule has 0 bridgehead atoms. The molecular formula is C14H14FN3O3. The molecule has 0 saturated heterocycles. The second-order valence-electron chi connectivity index (χ2n) is 5.11. The van der Waals surface area contributed by atoms with E-state index in [1.165, 1.54) is 12.1 Å². The Morgan fingerprint density at radius 2 is 2.10 bits per heavy atom. The van der Waals surface area contributed by atoms with E-state index >= 15 is 0 Å². The second-order valence-corrected chi connectivity index (χ2v) is 5.11. The molecule has 2 aromatic rings. The van der Waals surface area contributed by atoms with Gasteiger partial charge in [0.1, 0.15) is 11.4 Å². The third-order valence-corrected chi connectivity index (χ3v) is 3.77. The molecule has 0 unspecified atom stereocenters. The van der Waals surface area contributed by atoms with Crippen molar-refractivity contribution in [2.75, 3.05) is 0 Å². The van der Waals surface area contributed by atoms with E-state index in [0.717, 1.165) is 6.42 Å². The Kier molecular flexibility index (Phi) is 3.42. The van der Waals surface area contributed by atoms with Gasteiger partial charge in [0.15, 0.2) is 0 Å². The number of carboxylic acids is 1. The van der Waals surface area contributed by atoms with Crippen molar-refractivity contribution in [2.45, 2.75) is 31.3 Å². The smallest absolute Gasteiger partial charge is 0.323 e. The van der Waals surface area contributed by atoms with Crippen molar-refractivity contribution in [3.63, 3.8) is 0 Å². The fraction of sp³-hybridized carbons (Fsp3) is 0.357. The molecule has 3 rings (SSSR count). The number of aliphatic carboxylic acids is 1. The van der Waals surface area contributed by atoms with E-state index in [1.54, 1.807) is 12.1 Å². The number of nitrogens with one attached hydrogen (secondary N) is 1. The van der Waals surface area contributed by atoms with Gasteiger partial charge in [0.05, 0.1) is 6.54 Å². The molecule has 0 spiro atoms. The zero-order valence-corrected chi connectivity index (χ0v) is 11.2. The van der Waals surface area contributed by atoms with Gasteiger partial charge in [-0.15, -0.1) is 0 Å². The van der Waals surface area contributed by atoms with E-state index in [0.29, 0.717) is 30.1 Å². The Balaban J connectivity index is 1.68. The van der Waals surface area contributed by atoms with Gasteiger partial charge in [-0.1, -0.05) is 5.16 Å². The lowest BCUT2D eigenvalue weighted by atomic mass is 9.77. The first-order valence-corrected chi connectivity index (χ1v) is 6.66. The summed E-state index contributed by atoms with van der Waals surface area (Å²) in [5.41, 5.74) is -0.229. The van der Waals surface area contributed by atoms with E-state index in [2.05, 4.69) is 15.5 Å². The fourth-order valence-corrected chi connectivity index (χ4v) is 2.28. The summed E-state index contributed by atoms with van der Waals surface area (Å²) in [6, 6.07) is 5.75. The van der Waals surface area contributed by atoms with Crippen LogP contribution < -0.4 is 5.32 Å². The van der Waals surface area contributed by atoms with E-state index in [4.69, 9.17) is 4.52 Å². The van der Waals surface area contributed by atoms with Crippen molar-refractivity contribution in [2.24, 2.45) is 0 Å². The first-order valence-electron chi connectivity index (χ1n) is 6.66. The molecule has 1 aliphatic rings. The van der Waals surface area contributed by atoms with E-state index in [1.807, 2.05) is 0 Å². The third-order valence-electron chi connectivity index (χ3n) is 3.77. The topological polar surface area (TPSA) is 88.2 Å². The fourth-order valence-electron chi connectivity index (χ4n) is 2.28. The maximum Gasteiger partial charge on any atom is 0.323 e. The monoisotopic (exact) mass is 291 g/mol. The van der Waals surface area contributed by atoms with Crippen molar-refractivity contribution in [3.05, 3.63) is 36.0 Å². The van der Waals surface area contributed by atoms with Gasteiger partial charge in [-0.2, -0.15) is 4.98 Å². The molecule has 1 saturated carbocycles. The summed E-state index contributed by atoms with van der Waals surface area (Å²) in [5, 5.41) is 16.0. The first kappa shape index (κ1) is 13.7. The molecular weight excluding hydrogens is 277 g/mol. The highest BCUT2D eigenvalue weighted by Gasteiger charge is 2.44. The van der Waals surface area contributed by atoms with Crippen LogP contribution in [0.4, 0.5) is 4.39 Å². The minimum Gasteiger partial charge on any atom is -0.480 e. The molecule has 6 nitrogen and oxygen atoms in total. The summed E-state index contributed by atoms with van der Waals surface area (Å²) < 4.78 is 17.9. The van der Waals surface area contributed by atoms with Gasteiger partial charge >= 0.3 is 5.97 Å². The molecule has 1 aromatic carbocycles. The van der Waals surface area contributed by atoms with Crippen LogP contribution in [0.3, 0.4) is 0 Å². The van der Waals surface area contributed by atoms with E-state index in [9.17, 15) is 14.3 Å². The zero-order chi connectivity index (χ0) is 14.9. The molecule has 1 heterocycles. The highest BCUT2D eigenvalue weighted by atomic mass is 19.1. The number of rotatable bonds is 5. The first-order chi connectivity index (χ1) is 10.1. The zero-order valence-electron chi connectivity index (χ0n) is 11.2. The van der Waals surface area contributed by atoms with E-state index in [-0.39, 0.29) is 12.4 Å². The number of carbonyl (C=O) groups is 1. The Morgan fingerprint density at radius 1 is 1.38 bits per heavy atom. The molecule has 21 heavy (non-hydrogen) atoms. The van der Waals surface area contributed by atoms with Crippen LogP contribution in [-0.4, -0.2) is 26.8 Å². The predicted molar refractivity (Wildman–Crippen MR) is 70.7 cm³/mol. The van der Waals surface area contributed by atoms with Crippen molar-refractivity contribution in [3.8, 4) is 11.4 Å². The van der Waals surface area contributed by atoms with Crippen LogP contribution in [0.2, 0.25) is 0 Å². The predicted octanol–water partition coefficient (Wildman–Crippen LogP) is 1.97. The lowest BCUT2D eigenvalue weighted by molar-refractivity contribution is -0.149. The Bertz CT molecular complexity index is 650. The van der Waals surface area contributed by atoms with Gasteiger partial charge in [-0.3, -0.25) is 10.1 Å². The number of aromatic nitrogens is 2. The van der Waals surface area contributed by atoms with Crippen LogP contribution in [0.25, 0.3) is 11.4 Å². The quantitative estimate of drug-likeness (QED) is 0.875. The van der Waals surface area contributed by atoms with Crippen LogP contribution in [0, 0.1) is 5.82 Å². The molecule has 0 aliphatic heterocycles. The standard InChI is InChI=1S/C14H14FN3O3/c15-10-4-2-9(3-5-10)12-17-11(21-18-12)8-16-14(13(19)20)6-1-7-14/h2-5,16H,1,6-8H2,(H,19,20). The van der Waals surface area contributed by atoms with Crippen LogP contribution in [-0.2, 0) is 11.3 Å². The van der Waals surface area contributed by atoms with Gasteiger partial charge in [0, 0.05) is 5.56 Å². The number of hydrogen-bond donors (Lipinski definition) is 2. The van der Waals surface area contributed by atoms with Crippen molar-refractivity contribution >= 4 is 5.97 Å². The molecule has 7 heteroatoms. The number of carboxylic acid groups (broad SMARTS) is 1. The summed E-state index contributed by atoms with van der Waals surface area (Å²) in [5.74, 6) is -0.531. The Hall–Kier alpha value is -2.28. The maximum atomic E-state index is 12.9. The summed E-state index contributed by atoms with van der Waals surface area (Å²) >= 11 is 0. The van der Waals surface area contributed by atoms with Crippen LogP contribution >= 0.6 is 0 Å². The maximum absolute atomic E-state index is 12.9. The summed E-state index contributed by atoms with van der Waals surface area (Å²) in [4.78, 5) is 15.4. The third kappa shape index (κ3) is 2.64. The van der Waals surface area contributed by atoms with Gasteiger partial charge < -0.3 is 9.63 Å². The number of benzene rings is 1. The Labute approximate surface area is 120 Å². The van der Waals surface area contributed by atoms with Crippen molar-refractivity contribution in [1.29, 1.82) is 0 Å². The van der Waals surface area contributed by atoms with E-state index < -0.39 is 11.5 Å². The number of hydrogen-bond acceptors (Lipinski definition) is 5. The Morgan fingerprint density at radius 3 is 2.67 bits per heavy atom. The molecule has 0 atom stereocenters. The SMILES string of the molecule is O=C(O)C1(NCc2nc(-c3ccc(F)cc3)no2)CCC1. The minimum atomic E-state index is -0.871. The van der Waals surface area contributed by atoms with Gasteiger partial charge in [-0.05, 0) is 43.5 Å². The summed E-state index contributed by atoms with van der Waals surface area (Å²) in [6.07, 6.45) is 2.09. The lowest BCUT2D eigenvalue weighted by Gasteiger charge is -2.38. The van der Waals surface area contributed by atoms with Crippen molar-refractivity contribution < 1.29 is 18.8 Å². The highest BCUT2D eigenvalue weighted by molar-refractivity contribution is 5.79. The van der Waals surface area contributed by atoms with Crippen LogP contribution in [0.5, 0.6) is 0 Å². The van der Waals surface area contributed by atoms with Crippen molar-refractivity contribution in [1.82, 2.24) is 15.5 Å². The van der Waals surface area contributed by atoms with Gasteiger partial charge in [0.2, 0.25) is 11.7 Å². The second kappa shape index (κ2) is 5.25. The number of nitrogens with zero attached hydrogens (tertiary/aromatic N) is 2.